The summed E-state index contributed by atoms with van der Waals surface area (Å²) < 4.78 is 7.35. The van der Waals surface area contributed by atoms with E-state index in [1.807, 2.05) is 48.7 Å². The first-order valence-corrected chi connectivity index (χ1v) is 10.2. The van der Waals surface area contributed by atoms with Gasteiger partial charge in [0.15, 0.2) is 5.76 Å². The molecule has 10 heteroatoms. The molecule has 5 aromatic rings. The minimum atomic E-state index is -0.0237. The Bertz CT molecular complexity index is 1380. The second-order valence-electron chi connectivity index (χ2n) is 7.72. The Kier molecular flexibility index (Phi) is 4.27. The van der Waals surface area contributed by atoms with Crippen LogP contribution in [0.3, 0.4) is 0 Å². The van der Waals surface area contributed by atoms with E-state index in [9.17, 15) is 4.79 Å². The molecule has 0 N–H and O–H groups in total. The number of nitrogens with zero attached hydrogens (tertiary/aromatic N) is 8. The van der Waals surface area contributed by atoms with Crippen molar-refractivity contribution in [2.24, 2.45) is 0 Å². The third-order valence-electron chi connectivity index (χ3n) is 5.61. The number of amides is 1. The highest BCUT2D eigenvalue weighted by Crippen LogP contribution is 2.30. The molecule has 0 spiro atoms. The Labute approximate surface area is 182 Å². The van der Waals surface area contributed by atoms with E-state index in [1.54, 1.807) is 32.8 Å². The van der Waals surface area contributed by atoms with Gasteiger partial charge in [0.05, 0.1) is 30.0 Å². The van der Waals surface area contributed by atoms with Crippen LogP contribution < -0.4 is 0 Å². The van der Waals surface area contributed by atoms with Gasteiger partial charge in [-0.1, -0.05) is 40.7 Å². The van der Waals surface area contributed by atoms with Crippen LogP contribution in [0.15, 0.2) is 71.6 Å². The third-order valence-corrected chi connectivity index (χ3v) is 5.61. The number of aromatic nitrogens is 7. The Balaban J connectivity index is 1.16. The standard InChI is InChI=1S/C22H18N8O2/c31-22(16-6-7-20-19(10-16)21(32-26-20)15-4-2-1-3-5-15)28-13-18(14-28)29-11-17(25-27-29)12-30-23-8-9-24-30/h1-11,18H,12-14H2. The van der Waals surface area contributed by atoms with E-state index in [-0.39, 0.29) is 11.9 Å². The molecule has 0 bridgehead atoms. The van der Waals surface area contributed by atoms with E-state index in [0.29, 0.717) is 31.0 Å². The van der Waals surface area contributed by atoms with Crippen molar-refractivity contribution in [3.63, 3.8) is 0 Å². The zero-order valence-electron chi connectivity index (χ0n) is 16.9. The average molecular weight is 426 g/mol. The van der Waals surface area contributed by atoms with E-state index in [4.69, 9.17) is 4.52 Å². The fourth-order valence-corrected chi connectivity index (χ4v) is 3.88. The first-order valence-electron chi connectivity index (χ1n) is 10.2. The molecule has 0 unspecified atom stereocenters. The predicted molar refractivity (Wildman–Crippen MR) is 114 cm³/mol. The molecule has 0 atom stereocenters. The van der Waals surface area contributed by atoms with Gasteiger partial charge in [0, 0.05) is 24.2 Å². The number of carbonyl (C=O) groups excluding carboxylic acids is 1. The summed E-state index contributed by atoms with van der Waals surface area (Å²) >= 11 is 0. The predicted octanol–water partition coefficient (Wildman–Crippen LogP) is 2.42. The van der Waals surface area contributed by atoms with Crippen molar-refractivity contribution in [1.82, 2.24) is 40.0 Å². The number of carbonyl (C=O) groups is 1. The van der Waals surface area contributed by atoms with Crippen LogP contribution >= 0.6 is 0 Å². The molecule has 0 saturated carbocycles. The van der Waals surface area contributed by atoms with E-state index >= 15 is 0 Å². The van der Waals surface area contributed by atoms with E-state index in [2.05, 4.69) is 25.7 Å². The van der Waals surface area contributed by atoms with Crippen LogP contribution in [-0.2, 0) is 6.54 Å². The van der Waals surface area contributed by atoms with Crippen LogP contribution in [0.5, 0.6) is 0 Å². The molecule has 0 aliphatic carbocycles. The van der Waals surface area contributed by atoms with Gasteiger partial charge in [-0.05, 0) is 18.2 Å². The minimum absolute atomic E-state index is 0.0237. The van der Waals surface area contributed by atoms with Crippen LogP contribution in [-0.4, -0.2) is 59.0 Å². The van der Waals surface area contributed by atoms with Crippen molar-refractivity contribution in [2.75, 3.05) is 13.1 Å². The zero-order valence-corrected chi connectivity index (χ0v) is 16.9. The number of rotatable bonds is 5. The van der Waals surface area contributed by atoms with Crippen LogP contribution in [0.25, 0.3) is 22.2 Å². The molecular weight excluding hydrogens is 408 g/mol. The second kappa shape index (κ2) is 7.41. The van der Waals surface area contributed by atoms with Gasteiger partial charge in [-0.15, -0.1) is 5.10 Å². The van der Waals surface area contributed by atoms with Gasteiger partial charge in [-0.25, -0.2) is 4.68 Å². The minimum Gasteiger partial charge on any atom is -0.355 e. The van der Waals surface area contributed by atoms with Gasteiger partial charge in [0.25, 0.3) is 5.91 Å². The van der Waals surface area contributed by atoms with Crippen LogP contribution in [0, 0.1) is 0 Å². The molecule has 1 fully saturated rings. The van der Waals surface area contributed by atoms with Gasteiger partial charge in [-0.3, -0.25) is 4.79 Å². The summed E-state index contributed by atoms with van der Waals surface area (Å²) in [6.45, 7) is 1.62. The van der Waals surface area contributed by atoms with Crippen molar-refractivity contribution in [1.29, 1.82) is 0 Å². The molecule has 32 heavy (non-hydrogen) atoms. The Morgan fingerprint density at radius 3 is 2.69 bits per heavy atom. The molecule has 3 aromatic heterocycles. The lowest BCUT2D eigenvalue weighted by molar-refractivity contribution is 0.0498. The monoisotopic (exact) mass is 426 g/mol. The molecule has 1 saturated heterocycles. The fraction of sp³-hybridized carbons (Fsp3) is 0.182. The Morgan fingerprint density at radius 1 is 1.06 bits per heavy atom. The van der Waals surface area contributed by atoms with Crippen molar-refractivity contribution in [3.8, 4) is 11.3 Å². The topological polar surface area (TPSA) is 108 Å². The summed E-state index contributed by atoms with van der Waals surface area (Å²) in [6.07, 6.45) is 5.13. The smallest absolute Gasteiger partial charge is 0.254 e. The van der Waals surface area contributed by atoms with E-state index < -0.39 is 0 Å². The summed E-state index contributed by atoms with van der Waals surface area (Å²) in [5, 5.41) is 21.5. The second-order valence-corrected chi connectivity index (χ2v) is 7.72. The first kappa shape index (κ1) is 18.4. The van der Waals surface area contributed by atoms with E-state index in [1.165, 1.54) is 0 Å². The highest BCUT2D eigenvalue weighted by Gasteiger charge is 2.33. The molecule has 158 valence electrons. The number of fused-ring (bicyclic) bond motifs is 1. The van der Waals surface area contributed by atoms with E-state index in [0.717, 1.165) is 22.2 Å². The summed E-state index contributed by atoms with van der Waals surface area (Å²) in [6, 6.07) is 15.3. The highest BCUT2D eigenvalue weighted by molar-refractivity contribution is 6.01. The Morgan fingerprint density at radius 2 is 1.88 bits per heavy atom. The molecular formula is C22H18N8O2. The van der Waals surface area contributed by atoms with Crippen molar-refractivity contribution >= 4 is 16.8 Å². The lowest BCUT2D eigenvalue weighted by Gasteiger charge is -2.38. The van der Waals surface area contributed by atoms with Gasteiger partial charge < -0.3 is 9.42 Å². The summed E-state index contributed by atoms with van der Waals surface area (Å²) in [5.74, 6) is 0.642. The summed E-state index contributed by atoms with van der Waals surface area (Å²) in [5.41, 5.74) is 3.04. The number of hydrogen-bond acceptors (Lipinski definition) is 7. The lowest BCUT2D eigenvalue weighted by atomic mass is 10.0. The van der Waals surface area contributed by atoms with Gasteiger partial charge >= 0.3 is 0 Å². The average Bonchev–Trinajstić information content (AvgIpc) is 3.54. The summed E-state index contributed by atoms with van der Waals surface area (Å²) in [4.78, 5) is 16.4. The highest BCUT2D eigenvalue weighted by atomic mass is 16.5. The molecule has 1 amide bonds. The van der Waals surface area contributed by atoms with Gasteiger partial charge in [0.2, 0.25) is 0 Å². The molecule has 6 rings (SSSR count). The molecule has 1 aliphatic heterocycles. The molecule has 4 heterocycles. The third kappa shape index (κ3) is 3.22. The fourth-order valence-electron chi connectivity index (χ4n) is 3.88. The molecule has 10 nitrogen and oxygen atoms in total. The van der Waals surface area contributed by atoms with Crippen molar-refractivity contribution in [3.05, 3.63) is 78.4 Å². The lowest BCUT2D eigenvalue weighted by Crippen LogP contribution is -2.50. The van der Waals surface area contributed by atoms with Gasteiger partial charge in [-0.2, -0.15) is 15.0 Å². The maximum atomic E-state index is 13.0. The largest absolute Gasteiger partial charge is 0.355 e. The van der Waals surface area contributed by atoms with Gasteiger partial charge in [0.1, 0.15) is 17.8 Å². The maximum absolute atomic E-state index is 13.0. The molecule has 1 aliphatic rings. The first-order chi connectivity index (χ1) is 15.7. The SMILES string of the molecule is O=C(c1ccc2noc(-c3ccccc3)c2c1)N1CC(n2cc(Cn3nccn3)nn2)C1. The number of likely N-dealkylation sites (tertiary alicyclic amines) is 1. The Hall–Kier alpha value is -4.34. The molecule has 0 radical (unpaired) electrons. The zero-order chi connectivity index (χ0) is 21.5. The quantitative estimate of drug-likeness (QED) is 0.425. The van der Waals surface area contributed by atoms with Crippen LogP contribution in [0.1, 0.15) is 22.1 Å². The number of benzene rings is 2. The normalized spacial score (nSPS) is 14.1. The van der Waals surface area contributed by atoms with Crippen molar-refractivity contribution in [2.45, 2.75) is 12.6 Å². The van der Waals surface area contributed by atoms with Crippen molar-refractivity contribution < 1.29 is 9.32 Å². The number of hydrogen-bond donors (Lipinski definition) is 0. The van der Waals surface area contributed by atoms with Crippen LogP contribution in [0.2, 0.25) is 0 Å². The van der Waals surface area contributed by atoms with Crippen LogP contribution in [0.4, 0.5) is 0 Å². The molecule has 2 aromatic carbocycles. The summed E-state index contributed by atoms with van der Waals surface area (Å²) in [7, 11) is 0. The maximum Gasteiger partial charge on any atom is 0.254 e.